The quantitative estimate of drug-likeness (QED) is 0.523. The topological polar surface area (TPSA) is 52.6 Å². The second-order valence-electron chi connectivity index (χ2n) is 3.91. The molecule has 0 radical (unpaired) electrons. The van der Waals surface area contributed by atoms with E-state index in [1.807, 2.05) is 6.92 Å². The Morgan fingerprint density at radius 1 is 1.47 bits per heavy atom. The molecule has 4 heteroatoms. The lowest BCUT2D eigenvalue weighted by molar-refractivity contribution is -0.159. The van der Waals surface area contributed by atoms with Crippen LogP contribution in [-0.2, 0) is 19.1 Å². The predicted molar refractivity (Wildman–Crippen MR) is 54.3 cm³/mol. The third-order valence-corrected chi connectivity index (χ3v) is 2.90. The second-order valence-corrected chi connectivity index (χ2v) is 3.91. The number of carbonyl (C=O) groups excluding carboxylic acids is 2. The van der Waals surface area contributed by atoms with Gasteiger partial charge in [-0.25, -0.2) is 0 Å². The molecule has 1 aliphatic carbocycles. The molecule has 0 amide bonds. The van der Waals surface area contributed by atoms with Gasteiger partial charge in [0, 0.05) is 7.11 Å². The van der Waals surface area contributed by atoms with E-state index < -0.39 is 18.0 Å². The third kappa shape index (κ3) is 2.56. The van der Waals surface area contributed by atoms with Crippen LogP contribution in [0.5, 0.6) is 0 Å². The minimum absolute atomic E-state index is 0.0583. The lowest BCUT2D eigenvalue weighted by Gasteiger charge is -2.30. The highest BCUT2D eigenvalue weighted by atomic mass is 16.5. The van der Waals surface area contributed by atoms with Gasteiger partial charge < -0.3 is 9.47 Å². The molecule has 86 valence electrons. The van der Waals surface area contributed by atoms with Crippen molar-refractivity contribution in [1.82, 2.24) is 0 Å². The first kappa shape index (κ1) is 12.2. The fourth-order valence-electron chi connectivity index (χ4n) is 2.02. The number of methoxy groups -OCH3 is 1. The molecule has 0 aromatic carbocycles. The van der Waals surface area contributed by atoms with Gasteiger partial charge in [0.2, 0.25) is 0 Å². The minimum atomic E-state index is -0.636. The number of ketones is 1. The maximum atomic E-state index is 11.9. The third-order valence-electron chi connectivity index (χ3n) is 2.90. The van der Waals surface area contributed by atoms with Crippen LogP contribution < -0.4 is 0 Å². The molecule has 15 heavy (non-hydrogen) atoms. The molecule has 3 atom stereocenters. The molecule has 0 aliphatic heterocycles. The van der Waals surface area contributed by atoms with Crippen LogP contribution >= 0.6 is 0 Å². The van der Waals surface area contributed by atoms with Gasteiger partial charge in [0.25, 0.3) is 0 Å². The Balaban J connectivity index is 2.74. The molecule has 0 heterocycles. The summed E-state index contributed by atoms with van der Waals surface area (Å²) in [6.45, 7) is 3.96. The molecule has 3 unspecified atom stereocenters. The SMILES string of the molecule is CCOC(=O)C1C(=O)C(OC)CCC1C. The van der Waals surface area contributed by atoms with Crippen LogP contribution in [0.4, 0.5) is 0 Å². The Morgan fingerprint density at radius 2 is 2.13 bits per heavy atom. The monoisotopic (exact) mass is 214 g/mol. The summed E-state index contributed by atoms with van der Waals surface area (Å²) >= 11 is 0. The largest absolute Gasteiger partial charge is 0.465 e. The standard InChI is InChI=1S/C11H18O4/c1-4-15-11(13)9-7(2)5-6-8(14-3)10(9)12/h7-9H,4-6H2,1-3H3. The van der Waals surface area contributed by atoms with Crippen LogP contribution in [0.1, 0.15) is 26.7 Å². The van der Waals surface area contributed by atoms with Gasteiger partial charge in [-0.1, -0.05) is 6.92 Å². The molecule has 0 saturated heterocycles. The maximum Gasteiger partial charge on any atom is 0.316 e. The Morgan fingerprint density at radius 3 is 2.67 bits per heavy atom. The van der Waals surface area contributed by atoms with Crippen molar-refractivity contribution in [2.45, 2.75) is 32.8 Å². The molecule has 4 nitrogen and oxygen atoms in total. The lowest BCUT2D eigenvalue weighted by atomic mass is 9.78. The molecule has 0 N–H and O–H groups in total. The van der Waals surface area contributed by atoms with Gasteiger partial charge in [-0.2, -0.15) is 0 Å². The number of hydrogen-bond acceptors (Lipinski definition) is 4. The summed E-state index contributed by atoms with van der Waals surface area (Å²) in [6.07, 6.45) is 1.09. The number of rotatable bonds is 3. The lowest BCUT2D eigenvalue weighted by Crippen LogP contribution is -2.43. The molecular weight excluding hydrogens is 196 g/mol. The predicted octanol–water partition coefficient (Wildman–Crippen LogP) is 1.18. The molecule has 1 fully saturated rings. The second kappa shape index (κ2) is 5.26. The van der Waals surface area contributed by atoms with E-state index >= 15 is 0 Å². The Hall–Kier alpha value is -0.900. The van der Waals surface area contributed by atoms with E-state index in [9.17, 15) is 9.59 Å². The molecule has 0 aromatic rings. The van der Waals surface area contributed by atoms with Crippen LogP contribution in [0.15, 0.2) is 0 Å². The van der Waals surface area contributed by atoms with Crippen LogP contribution in [0.2, 0.25) is 0 Å². The van der Waals surface area contributed by atoms with Gasteiger partial charge in [-0.15, -0.1) is 0 Å². The van der Waals surface area contributed by atoms with Gasteiger partial charge in [0.05, 0.1) is 6.61 Å². The molecule has 1 rings (SSSR count). The highest BCUT2D eigenvalue weighted by Gasteiger charge is 2.41. The highest BCUT2D eigenvalue weighted by molar-refractivity contribution is 6.02. The van der Waals surface area contributed by atoms with Crippen LogP contribution in [0.25, 0.3) is 0 Å². The van der Waals surface area contributed by atoms with Crippen molar-refractivity contribution >= 4 is 11.8 Å². The van der Waals surface area contributed by atoms with E-state index in [0.29, 0.717) is 13.0 Å². The fraction of sp³-hybridized carbons (Fsp3) is 0.818. The van der Waals surface area contributed by atoms with Crippen LogP contribution in [0.3, 0.4) is 0 Å². The number of ether oxygens (including phenoxy) is 2. The fourth-order valence-corrected chi connectivity index (χ4v) is 2.02. The molecule has 1 aliphatic rings. The number of Topliss-reactive ketones (excluding diaryl/α,β-unsaturated/α-hetero) is 1. The van der Waals surface area contributed by atoms with Crippen molar-refractivity contribution in [3.63, 3.8) is 0 Å². The van der Waals surface area contributed by atoms with Gasteiger partial charge >= 0.3 is 5.97 Å². The molecule has 0 bridgehead atoms. The first-order chi connectivity index (χ1) is 7.11. The van der Waals surface area contributed by atoms with Crippen LogP contribution in [-0.4, -0.2) is 31.6 Å². The zero-order chi connectivity index (χ0) is 11.4. The first-order valence-corrected chi connectivity index (χ1v) is 5.35. The van der Waals surface area contributed by atoms with Gasteiger partial charge in [0.15, 0.2) is 5.78 Å². The van der Waals surface area contributed by atoms with E-state index in [1.54, 1.807) is 6.92 Å². The summed E-state index contributed by atoms with van der Waals surface area (Å²) in [5.41, 5.74) is 0. The summed E-state index contributed by atoms with van der Waals surface area (Å²) in [6, 6.07) is 0. The molecular formula is C11H18O4. The summed E-state index contributed by atoms with van der Waals surface area (Å²) in [4.78, 5) is 23.4. The normalized spacial score (nSPS) is 31.4. The zero-order valence-electron chi connectivity index (χ0n) is 9.49. The molecule has 0 aromatic heterocycles. The first-order valence-electron chi connectivity index (χ1n) is 5.35. The van der Waals surface area contributed by atoms with Gasteiger partial charge in [-0.3, -0.25) is 9.59 Å². The number of carbonyl (C=O) groups is 2. The number of hydrogen-bond donors (Lipinski definition) is 0. The Labute approximate surface area is 89.9 Å². The van der Waals surface area contributed by atoms with Gasteiger partial charge in [-0.05, 0) is 25.7 Å². The summed E-state index contributed by atoms with van der Waals surface area (Å²) in [5.74, 6) is -1.11. The maximum absolute atomic E-state index is 11.9. The van der Waals surface area contributed by atoms with E-state index in [2.05, 4.69) is 0 Å². The summed E-state index contributed by atoms with van der Waals surface area (Å²) in [7, 11) is 1.50. The molecule has 1 saturated carbocycles. The van der Waals surface area contributed by atoms with Gasteiger partial charge in [0.1, 0.15) is 12.0 Å². The van der Waals surface area contributed by atoms with Crippen molar-refractivity contribution < 1.29 is 19.1 Å². The smallest absolute Gasteiger partial charge is 0.316 e. The van der Waals surface area contributed by atoms with E-state index in [0.717, 1.165) is 6.42 Å². The summed E-state index contributed by atoms with van der Waals surface area (Å²) < 4.78 is 9.95. The Bertz CT molecular complexity index is 249. The average Bonchev–Trinajstić information content (AvgIpc) is 2.18. The molecule has 0 spiro atoms. The Kier molecular flexibility index (Phi) is 4.27. The van der Waals surface area contributed by atoms with E-state index in [1.165, 1.54) is 7.11 Å². The van der Waals surface area contributed by atoms with Crippen molar-refractivity contribution in [2.75, 3.05) is 13.7 Å². The van der Waals surface area contributed by atoms with E-state index in [-0.39, 0.29) is 11.7 Å². The van der Waals surface area contributed by atoms with Crippen molar-refractivity contribution in [3.05, 3.63) is 0 Å². The van der Waals surface area contributed by atoms with Crippen molar-refractivity contribution in [3.8, 4) is 0 Å². The average molecular weight is 214 g/mol. The van der Waals surface area contributed by atoms with E-state index in [4.69, 9.17) is 9.47 Å². The van der Waals surface area contributed by atoms with Crippen LogP contribution in [0, 0.1) is 11.8 Å². The number of esters is 1. The zero-order valence-corrected chi connectivity index (χ0v) is 9.49. The van der Waals surface area contributed by atoms with Crippen molar-refractivity contribution in [1.29, 1.82) is 0 Å². The summed E-state index contributed by atoms with van der Waals surface area (Å²) in [5, 5.41) is 0. The highest BCUT2D eigenvalue weighted by Crippen LogP contribution is 2.29. The van der Waals surface area contributed by atoms with Crippen molar-refractivity contribution in [2.24, 2.45) is 11.8 Å². The minimum Gasteiger partial charge on any atom is -0.465 e.